The lowest BCUT2D eigenvalue weighted by molar-refractivity contribution is 0.111. The van der Waals surface area contributed by atoms with E-state index in [4.69, 9.17) is 14.2 Å². The van der Waals surface area contributed by atoms with Crippen LogP contribution < -0.4 is 5.32 Å². The van der Waals surface area contributed by atoms with Crippen molar-refractivity contribution >= 4 is 11.3 Å². The Morgan fingerprint density at radius 3 is 3.00 bits per heavy atom. The molecule has 0 radical (unpaired) electrons. The fraction of sp³-hybridized carbons (Fsp3) is 0.769. The Labute approximate surface area is 118 Å². The first-order chi connectivity index (χ1) is 9.35. The zero-order chi connectivity index (χ0) is 13.5. The molecule has 1 atom stereocenters. The van der Waals surface area contributed by atoms with E-state index in [1.54, 1.807) is 25.6 Å². The maximum Gasteiger partial charge on any atom is 0.122 e. The van der Waals surface area contributed by atoms with Crippen molar-refractivity contribution in [3.05, 3.63) is 15.6 Å². The smallest absolute Gasteiger partial charge is 0.122 e. The van der Waals surface area contributed by atoms with E-state index in [0.717, 1.165) is 49.8 Å². The quantitative estimate of drug-likeness (QED) is 0.740. The summed E-state index contributed by atoms with van der Waals surface area (Å²) < 4.78 is 15.9. The maximum atomic E-state index is 5.70. The van der Waals surface area contributed by atoms with E-state index in [0.29, 0.717) is 6.61 Å². The lowest BCUT2D eigenvalue weighted by Crippen LogP contribution is -2.18. The van der Waals surface area contributed by atoms with Gasteiger partial charge in [-0.2, -0.15) is 0 Å². The van der Waals surface area contributed by atoms with Gasteiger partial charge in [-0.1, -0.05) is 0 Å². The topological polar surface area (TPSA) is 52.6 Å². The van der Waals surface area contributed by atoms with E-state index in [9.17, 15) is 0 Å². The van der Waals surface area contributed by atoms with Gasteiger partial charge in [0.15, 0.2) is 0 Å². The lowest BCUT2D eigenvalue weighted by Gasteiger charge is -2.03. The van der Waals surface area contributed by atoms with Crippen LogP contribution in [0, 0.1) is 0 Å². The van der Waals surface area contributed by atoms with Crippen LogP contribution in [0.25, 0.3) is 0 Å². The molecule has 2 heterocycles. The van der Waals surface area contributed by atoms with Crippen molar-refractivity contribution in [3.63, 3.8) is 0 Å². The molecular weight excluding hydrogens is 264 g/mol. The van der Waals surface area contributed by atoms with Gasteiger partial charge in [-0.25, -0.2) is 4.98 Å². The molecule has 1 aliphatic heterocycles. The average Bonchev–Trinajstić information content (AvgIpc) is 3.04. The van der Waals surface area contributed by atoms with Crippen LogP contribution in [-0.2, 0) is 27.4 Å². The molecule has 0 saturated carbocycles. The minimum absolute atomic E-state index is 0.188. The molecule has 108 valence electrons. The van der Waals surface area contributed by atoms with E-state index in [-0.39, 0.29) is 6.10 Å². The second kappa shape index (κ2) is 7.91. The molecule has 5 nitrogen and oxygen atoms in total. The third-order valence-electron chi connectivity index (χ3n) is 3.05. The van der Waals surface area contributed by atoms with Crippen molar-refractivity contribution in [3.8, 4) is 0 Å². The molecule has 0 bridgehead atoms. The maximum absolute atomic E-state index is 5.70. The van der Waals surface area contributed by atoms with Gasteiger partial charge in [0, 0.05) is 38.8 Å². The summed E-state index contributed by atoms with van der Waals surface area (Å²) in [7, 11) is 3.41. The van der Waals surface area contributed by atoms with Gasteiger partial charge in [-0.3, -0.25) is 0 Å². The molecule has 1 aromatic rings. The zero-order valence-corrected chi connectivity index (χ0v) is 12.4. The molecule has 0 aromatic carbocycles. The summed E-state index contributed by atoms with van der Waals surface area (Å²) in [5.41, 5.74) is 1.03. The Bertz CT molecular complexity index is 378. The minimum Gasteiger partial charge on any atom is -0.383 e. The molecule has 1 N–H and O–H groups in total. The number of hydrogen-bond acceptors (Lipinski definition) is 6. The molecule has 0 spiro atoms. The molecule has 1 fully saturated rings. The molecule has 1 unspecified atom stereocenters. The zero-order valence-electron chi connectivity index (χ0n) is 11.6. The molecule has 19 heavy (non-hydrogen) atoms. The highest BCUT2D eigenvalue weighted by atomic mass is 32.1. The number of hydrogen-bond donors (Lipinski definition) is 1. The first-order valence-corrected chi connectivity index (χ1v) is 7.45. The molecule has 1 saturated heterocycles. The van der Waals surface area contributed by atoms with Crippen LogP contribution in [0.5, 0.6) is 0 Å². The van der Waals surface area contributed by atoms with Crippen LogP contribution in [-0.4, -0.2) is 39.0 Å². The molecule has 1 aliphatic rings. The molecule has 2 rings (SSSR count). The van der Waals surface area contributed by atoms with E-state index < -0.39 is 0 Å². The van der Waals surface area contributed by atoms with Crippen LogP contribution in [0.2, 0.25) is 0 Å². The van der Waals surface area contributed by atoms with Gasteiger partial charge in [0.1, 0.15) is 11.1 Å². The highest BCUT2D eigenvalue weighted by Crippen LogP contribution is 2.33. The molecule has 1 aromatic heterocycles. The normalized spacial score (nSPS) is 19.2. The fourth-order valence-corrected chi connectivity index (χ4v) is 3.20. The number of ether oxygens (including phenoxy) is 3. The number of nitrogens with one attached hydrogen (secondary N) is 1. The average molecular weight is 286 g/mol. The number of nitrogens with zero attached hydrogens (tertiary/aromatic N) is 1. The van der Waals surface area contributed by atoms with Crippen LogP contribution in [0.4, 0.5) is 0 Å². The minimum atomic E-state index is 0.188. The van der Waals surface area contributed by atoms with Gasteiger partial charge < -0.3 is 19.5 Å². The van der Waals surface area contributed by atoms with E-state index in [2.05, 4.69) is 10.3 Å². The van der Waals surface area contributed by atoms with Crippen molar-refractivity contribution in [1.82, 2.24) is 10.3 Å². The van der Waals surface area contributed by atoms with Crippen molar-refractivity contribution in [2.24, 2.45) is 0 Å². The van der Waals surface area contributed by atoms with Gasteiger partial charge in [0.2, 0.25) is 0 Å². The van der Waals surface area contributed by atoms with Gasteiger partial charge in [-0.15, -0.1) is 11.3 Å². The van der Waals surface area contributed by atoms with Gasteiger partial charge >= 0.3 is 0 Å². The van der Waals surface area contributed by atoms with Crippen molar-refractivity contribution in [2.75, 3.05) is 34.0 Å². The van der Waals surface area contributed by atoms with Crippen molar-refractivity contribution in [1.29, 1.82) is 0 Å². The Morgan fingerprint density at radius 2 is 2.32 bits per heavy atom. The van der Waals surface area contributed by atoms with Crippen molar-refractivity contribution in [2.45, 2.75) is 32.1 Å². The summed E-state index contributed by atoms with van der Waals surface area (Å²) in [6, 6.07) is 0. The first kappa shape index (κ1) is 14.9. The summed E-state index contributed by atoms with van der Waals surface area (Å²) in [5, 5.41) is 4.45. The SMILES string of the molecule is COCCNCc1sc(C2CCCO2)nc1COC. The Balaban J connectivity index is 1.97. The fourth-order valence-electron chi connectivity index (χ4n) is 2.08. The van der Waals surface area contributed by atoms with Gasteiger partial charge in [0.25, 0.3) is 0 Å². The molecular formula is C13H22N2O3S. The molecule has 0 aliphatic carbocycles. The number of aromatic nitrogens is 1. The largest absolute Gasteiger partial charge is 0.383 e. The monoisotopic (exact) mass is 286 g/mol. The van der Waals surface area contributed by atoms with Gasteiger partial charge in [-0.05, 0) is 12.8 Å². The number of methoxy groups -OCH3 is 2. The summed E-state index contributed by atoms with van der Waals surface area (Å²) in [4.78, 5) is 5.92. The summed E-state index contributed by atoms with van der Waals surface area (Å²) in [6.45, 7) is 3.79. The Morgan fingerprint density at radius 1 is 1.42 bits per heavy atom. The number of thiazole rings is 1. The Kier molecular flexibility index (Phi) is 6.19. The number of rotatable bonds is 8. The first-order valence-electron chi connectivity index (χ1n) is 6.63. The Hall–Kier alpha value is -0.530. The van der Waals surface area contributed by atoms with Crippen LogP contribution >= 0.6 is 11.3 Å². The summed E-state index contributed by atoms with van der Waals surface area (Å²) >= 11 is 1.74. The summed E-state index contributed by atoms with van der Waals surface area (Å²) in [6.07, 6.45) is 2.40. The third-order valence-corrected chi connectivity index (χ3v) is 4.24. The van der Waals surface area contributed by atoms with Crippen LogP contribution in [0.3, 0.4) is 0 Å². The van der Waals surface area contributed by atoms with E-state index in [1.165, 1.54) is 4.88 Å². The van der Waals surface area contributed by atoms with Crippen LogP contribution in [0.15, 0.2) is 0 Å². The standard InChI is InChI=1S/C13H22N2O3S/c1-16-7-5-14-8-12-10(9-17-2)15-13(19-12)11-4-3-6-18-11/h11,14H,3-9H2,1-2H3. The second-order valence-electron chi connectivity index (χ2n) is 4.53. The second-order valence-corrected chi connectivity index (χ2v) is 5.64. The van der Waals surface area contributed by atoms with E-state index >= 15 is 0 Å². The molecule has 6 heteroatoms. The van der Waals surface area contributed by atoms with Gasteiger partial charge in [0.05, 0.1) is 18.9 Å². The third kappa shape index (κ3) is 4.22. The lowest BCUT2D eigenvalue weighted by atomic mass is 10.2. The van der Waals surface area contributed by atoms with E-state index in [1.807, 2.05) is 0 Å². The molecule has 0 amide bonds. The highest BCUT2D eigenvalue weighted by Gasteiger charge is 2.23. The highest BCUT2D eigenvalue weighted by molar-refractivity contribution is 7.11. The van der Waals surface area contributed by atoms with Crippen molar-refractivity contribution < 1.29 is 14.2 Å². The van der Waals surface area contributed by atoms with Crippen LogP contribution in [0.1, 0.15) is 34.5 Å². The summed E-state index contributed by atoms with van der Waals surface area (Å²) in [5.74, 6) is 0. The predicted molar refractivity (Wildman–Crippen MR) is 74.3 cm³/mol. The predicted octanol–water partition coefficient (Wildman–Crippen LogP) is 1.88.